The van der Waals surface area contributed by atoms with E-state index in [-0.39, 0.29) is 6.04 Å². The van der Waals surface area contributed by atoms with E-state index in [1.807, 2.05) is 19.1 Å². The van der Waals surface area contributed by atoms with Crippen LogP contribution in [-0.2, 0) is 6.42 Å². The zero-order valence-corrected chi connectivity index (χ0v) is 12.6. The van der Waals surface area contributed by atoms with Gasteiger partial charge in [-0.15, -0.1) is 0 Å². The molecule has 0 fully saturated rings. The average molecular weight is 321 g/mol. The van der Waals surface area contributed by atoms with Crippen molar-refractivity contribution in [3.8, 4) is 0 Å². The van der Waals surface area contributed by atoms with Crippen LogP contribution in [0.15, 0.2) is 34.8 Å². The second kappa shape index (κ2) is 6.02. The fourth-order valence-corrected chi connectivity index (χ4v) is 2.25. The summed E-state index contributed by atoms with van der Waals surface area (Å²) < 4.78 is 1.06. The van der Waals surface area contributed by atoms with Crippen LogP contribution in [0.5, 0.6) is 0 Å². The number of rotatable bonds is 4. The number of nitrogens with zero attached hydrogens (tertiary/aromatic N) is 2. The van der Waals surface area contributed by atoms with Crippen LogP contribution in [0.25, 0.3) is 0 Å². The molecule has 0 radical (unpaired) electrons. The highest BCUT2D eigenvalue weighted by Gasteiger charge is 2.08. The van der Waals surface area contributed by atoms with Crippen LogP contribution < -0.4 is 11.1 Å². The van der Waals surface area contributed by atoms with E-state index in [9.17, 15) is 0 Å². The van der Waals surface area contributed by atoms with Crippen molar-refractivity contribution in [2.75, 3.05) is 11.1 Å². The minimum Gasteiger partial charge on any atom is -0.384 e. The van der Waals surface area contributed by atoms with Gasteiger partial charge in [0.05, 0.1) is 0 Å². The van der Waals surface area contributed by atoms with Crippen LogP contribution in [-0.4, -0.2) is 9.97 Å². The summed E-state index contributed by atoms with van der Waals surface area (Å²) in [4.78, 5) is 8.59. The summed E-state index contributed by atoms with van der Waals surface area (Å²) in [5.41, 5.74) is 6.96. The zero-order chi connectivity index (χ0) is 13.8. The molecular formula is C14H17BrN4. The second-order valence-electron chi connectivity index (χ2n) is 4.37. The molecule has 0 amide bonds. The minimum atomic E-state index is 0.150. The van der Waals surface area contributed by atoms with Gasteiger partial charge in [0.1, 0.15) is 17.5 Å². The Morgan fingerprint density at radius 2 is 2.11 bits per heavy atom. The fraction of sp³-hybridized carbons (Fsp3) is 0.286. The van der Waals surface area contributed by atoms with Crippen molar-refractivity contribution in [1.82, 2.24) is 9.97 Å². The van der Waals surface area contributed by atoms with Crippen LogP contribution in [0.4, 0.5) is 11.6 Å². The van der Waals surface area contributed by atoms with Crippen molar-refractivity contribution in [3.05, 3.63) is 46.2 Å². The van der Waals surface area contributed by atoms with Gasteiger partial charge in [0.2, 0.25) is 0 Å². The van der Waals surface area contributed by atoms with Crippen molar-refractivity contribution in [3.63, 3.8) is 0 Å². The van der Waals surface area contributed by atoms with E-state index in [0.717, 1.165) is 22.5 Å². The van der Waals surface area contributed by atoms with Crippen molar-refractivity contribution in [2.45, 2.75) is 26.3 Å². The van der Waals surface area contributed by atoms with E-state index in [1.165, 1.54) is 5.56 Å². The molecule has 1 aromatic heterocycles. The van der Waals surface area contributed by atoms with Gasteiger partial charge in [-0.3, -0.25) is 0 Å². The number of benzene rings is 1. The molecule has 0 saturated carbocycles. The maximum atomic E-state index is 5.77. The van der Waals surface area contributed by atoms with Crippen LogP contribution in [0.1, 0.15) is 31.3 Å². The number of hydrogen-bond acceptors (Lipinski definition) is 4. The number of nitrogens with one attached hydrogen (secondary N) is 1. The van der Waals surface area contributed by atoms with Crippen LogP contribution in [0, 0.1) is 0 Å². The highest BCUT2D eigenvalue weighted by atomic mass is 79.9. The lowest BCUT2D eigenvalue weighted by molar-refractivity contribution is 0.858. The molecule has 1 heterocycles. The number of nitrogen functional groups attached to an aromatic ring is 1. The molecule has 5 heteroatoms. The monoisotopic (exact) mass is 320 g/mol. The maximum Gasteiger partial charge on any atom is 0.132 e. The normalized spacial score (nSPS) is 12.2. The predicted molar refractivity (Wildman–Crippen MR) is 82.0 cm³/mol. The third-order valence-corrected chi connectivity index (χ3v) is 3.31. The number of nitrogens with two attached hydrogens (primary N) is 1. The van der Waals surface area contributed by atoms with Crippen LogP contribution in [0.3, 0.4) is 0 Å². The maximum absolute atomic E-state index is 5.77. The van der Waals surface area contributed by atoms with E-state index >= 15 is 0 Å². The van der Waals surface area contributed by atoms with Gasteiger partial charge in [0, 0.05) is 23.0 Å². The molecule has 0 saturated heterocycles. The largest absolute Gasteiger partial charge is 0.384 e. The summed E-state index contributed by atoms with van der Waals surface area (Å²) in [7, 11) is 0. The molecule has 0 aliphatic rings. The average Bonchev–Trinajstić information content (AvgIpc) is 2.38. The van der Waals surface area contributed by atoms with Gasteiger partial charge in [-0.25, -0.2) is 9.97 Å². The smallest absolute Gasteiger partial charge is 0.132 e. The third kappa shape index (κ3) is 3.67. The van der Waals surface area contributed by atoms with Crippen molar-refractivity contribution in [1.29, 1.82) is 0 Å². The van der Waals surface area contributed by atoms with Gasteiger partial charge in [-0.05, 0) is 24.6 Å². The first-order chi connectivity index (χ1) is 9.08. The molecule has 0 aliphatic carbocycles. The van der Waals surface area contributed by atoms with Crippen molar-refractivity contribution in [2.24, 2.45) is 0 Å². The Morgan fingerprint density at radius 1 is 1.32 bits per heavy atom. The van der Waals surface area contributed by atoms with Gasteiger partial charge >= 0.3 is 0 Å². The second-order valence-corrected chi connectivity index (χ2v) is 5.28. The Balaban J connectivity index is 2.18. The van der Waals surface area contributed by atoms with E-state index in [4.69, 9.17) is 5.73 Å². The molecular weight excluding hydrogens is 304 g/mol. The van der Waals surface area contributed by atoms with Gasteiger partial charge in [0.25, 0.3) is 0 Å². The Kier molecular flexibility index (Phi) is 4.37. The molecule has 1 aromatic carbocycles. The summed E-state index contributed by atoms with van der Waals surface area (Å²) >= 11 is 3.48. The SMILES string of the molecule is CCc1nc(N)cc(NC(C)c2cccc(Br)c2)n1. The van der Waals surface area contributed by atoms with Gasteiger partial charge in [-0.2, -0.15) is 0 Å². The molecule has 2 aromatic rings. The molecule has 1 unspecified atom stereocenters. The summed E-state index contributed by atoms with van der Waals surface area (Å²) in [5, 5.41) is 3.35. The zero-order valence-electron chi connectivity index (χ0n) is 11.0. The molecule has 3 N–H and O–H groups in total. The van der Waals surface area contributed by atoms with Crippen LogP contribution in [0.2, 0.25) is 0 Å². The molecule has 0 aliphatic heterocycles. The molecule has 1 atom stereocenters. The first kappa shape index (κ1) is 13.8. The van der Waals surface area contributed by atoms with Crippen molar-refractivity contribution < 1.29 is 0 Å². The van der Waals surface area contributed by atoms with E-state index in [0.29, 0.717) is 5.82 Å². The molecule has 2 rings (SSSR count). The first-order valence-corrected chi connectivity index (χ1v) is 7.03. The molecule has 100 valence electrons. The minimum absolute atomic E-state index is 0.150. The first-order valence-electron chi connectivity index (χ1n) is 6.24. The lowest BCUT2D eigenvalue weighted by Crippen LogP contribution is -2.10. The quantitative estimate of drug-likeness (QED) is 0.904. The lowest BCUT2D eigenvalue weighted by Gasteiger charge is -2.16. The van der Waals surface area contributed by atoms with E-state index in [2.05, 4.69) is 50.3 Å². The van der Waals surface area contributed by atoms with Gasteiger partial charge < -0.3 is 11.1 Å². The highest BCUT2D eigenvalue weighted by molar-refractivity contribution is 9.10. The molecule has 4 nitrogen and oxygen atoms in total. The number of hydrogen-bond donors (Lipinski definition) is 2. The summed E-state index contributed by atoms with van der Waals surface area (Å²) in [6.07, 6.45) is 0.769. The topological polar surface area (TPSA) is 63.8 Å². The Morgan fingerprint density at radius 3 is 2.79 bits per heavy atom. The lowest BCUT2D eigenvalue weighted by atomic mass is 10.1. The Labute approximate surface area is 121 Å². The van der Waals surface area contributed by atoms with Crippen LogP contribution >= 0.6 is 15.9 Å². The predicted octanol–water partition coefficient (Wildman–Crippen LogP) is 3.56. The summed E-state index contributed by atoms with van der Waals surface area (Å²) in [6, 6.07) is 10.1. The molecule has 19 heavy (non-hydrogen) atoms. The number of anilines is 2. The summed E-state index contributed by atoms with van der Waals surface area (Å²) in [6.45, 7) is 4.10. The number of aromatic nitrogens is 2. The van der Waals surface area contributed by atoms with E-state index < -0.39 is 0 Å². The number of halogens is 1. The third-order valence-electron chi connectivity index (χ3n) is 2.82. The summed E-state index contributed by atoms with van der Waals surface area (Å²) in [5.74, 6) is 2.01. The van der Waals surface area contributed by atoms with E-state index in [1.54, 1.807) is 6.07 Å². The highest BCUT2D eigenvalue weighted by Crippen LogP contribution is 2.21. The Hall–Kier alpha value is -1.62. The molecule has 0 spiro atoms. The fourth-order valence-electron chi connectivity index (χ4n) is 1.83. The Bertz CT molecular complexity index is 571. The standard InChI is InChI=1S/C14H17BrN4/c1-3-13-18-12(16)8-14(19-13)17-9(2)10-5-4-6-11(15)7-10/h4-9H,3H2,1-2H3,(H3,16,17,18,19). The van der Waals surface area contributed by atoms with Gasteiger partial charge in [-0.1, -0.05) is 35.0 Å². The number of aryl methyl sites for hydroxylation is 1. The van der Waals surface area contributed by atoms with Crippen molar-refractivity contribution >= 4 is 27.6 Å². The molecule has 0 bridgehead atoms. The van der Waals surface area contributed by atoms with Gasteiger partial charge in [0.15, 0.2) is 0 Å².